The van der Waals surface area contributed by atoms with Crippen molar-refractivity contribution in [1.29, 1.82) is 0 Å². The predicted molar refractivity (Wildman–Crippen MR) is 98.0 cm³/mol. The van der Waals surface area contributed by atoms with E-state index in [9.17, 15) is 4.79 Å². The van der Waals surface area contributed by atoms with Crippen molar-refractivity contribution in [2.45, 2.75) is 32.8 Å². The van der Waals surface area contributed by atoms with Gasteiger partial charge in [0.05, 0.1) is 6.10 Å². The van der Waals surface area contributed by atoms with Crippen molar-refractivity contribution in [3.63, 3.8) is 0 Å². The predicted octanol–water partition coefficient (Wildman–Crippen LogP) is 3.04. The molecule has 1 fully saturated rings. The Morgan fingerprint density at radius 3 is 2.80 bits per heavy atom. The SMILES string of the molecule is CCN(C(=O)c1cc(C)nc(NCC2CCCO2)n1)c1ccccc1. The summed E-state index contributed by atoms with van der Waals surface area (Å²) in [5, 5.41) is 3.20. The van der Waals surface area contributed by atoms with Crippen LogP contribution in [-0.2, 0) is 4.74 Å². The molecule has 0 bridgehead atoms. The van der Waals surface area contributed by atoms with Gasteiger partial charge in [0.2, 0.25) is 5.95 Å². The Morgan fingerprint density at radius 2 is 2.12 bits per heavy atom. The summed E-state index contributed by atoms with van der Waals surface area (Å²) >= 11 is 0. The molecule has 1 N–H and O–H groups in total. The van der Waals surface area contributed by atoms with Crippen LogP contribution in [0, 0.1) is 6.92 Å². The monoisotopic (exact) mass is 340 g/mol. The number of anilines is 2. The minimum absolute atomic E-state index is 0.126. The Hall–Kier alpha value is -2.47. The zero-order valence-electron chi connectivity index (χ0n) is 14.7. The molecular weight excluding hydrogens is 316 g/mol. The molecule has 1 atom stereocenters. The van der Waals surface area contributed by atoms with Gasteiger partial charge in [-0.2, -0.15) is 0 Å². The van der Waals surface area contributed by atoms with Crippen LogP contribution in [-0.4, -0.2) is 41.7 Å². The normalized spacial score (nSPS) is 16.6. The second-order valence-electron chi connectivity index (χ2n) is 6.12. The first-order chi connectivity index (χ1) is 12.2. The van der Waals surface area contributed by atoms with Gasteiger partial charge in [-0.15, -0.1) is 0 Å². The molecule has 1 aliphatic rings. The second kappa shape index (κ2) is 8.07. The zero-order valence-corrected chi connectivity index (χ0v) is 14.7. The summed E-state index contributed by atoms with van der Waals surface area (Å²) in [4.78, 5) is 23.4. The summed E-state index contributed by atoms with van der Waals surface area (Å²) in [7, 11) is 0. The molecule has 1 unspecified atom stereocenters. The highest BCUT2D eigenvalue weighted by molar-refractivity contribution is 6.04. The number of hydrogen-bond acceptors (Lipinski definition) is 5. The van der Waals surface area contributed by atoms with E-state index >= 15 is 0 Å². The molecular formula is C19H24N4O2. The number of para-hydroxylation sites is 1. The van der Waals surface area contributed by atoms with Crippen molar-refractivity contribution >= 4 is 17.5 Å². The lowest BCUT2D eigenvalue weighted by atomic mass is 10.2. The molecule has 0 saturated carbocycles. The second-order valence-corrected chi connectivity index (χ2v) is 6.12. The number of hydrogen-bond donors (Lipinski definition) is 1. The quantitative estimate of drug-likeness (QED) is 0.875. The molecule has 1 aliphatic heterocycles. The Kier molecular flexibility index (Phi) is 5.60. The van der Waals surface area contributed by atoms with Gasteiger partial charge in [-0.3, -0.25) is 4.79 Å². The van der Waals surface area contributed by atoms with Crippen LogP contribution in [0.15, 0.2) is 36.4 Å². The molecule has 1 aromatic heterocycles. The van der Waals surface area contributed by atoms with Gasteiger partial charge >= 0.3 is 0 Å². The number of carbonyl (C=O) groups is 1. The molecule has 1 amide bonds. The van der Waals surface area contributed by atoms with Crippen LogP contribution in [0.2, 0.25) is 0 Å². The summed E-state index contributed by atoms with van der Waals surface area (Å²) in [5.41, 5.74) is 2.02. The highest BCUT2D eigenvalue weighted by Crippen LogP contribution is 2.17. The fourth-order valence-electron chi connectivity index (χ4n) is 2.96. The number of carbonyl (C=O) groups excluding carboxylic acids is 1. The summed E-state index contributed by atoms with van der Waals surface area (Å²) in [6, 6.07) is 11.4. The molecule has 6 heteroatoms. The Morgan fingerprint density at radius 1 is 1.32 bits per heavy atom. The van der Waals surface area contributed by atoms with Crippen LogP contribution >= 0.6 is 0 Å². The van der Waals surface area contributed by atoms with Gasteiger partial charge in [0.15, 0.2) is 0 Å². The van der Waals surface area contributed by atoms with E-state index in [2.05, 4.69) is 15.3 Å². The number of nitrogens with zero attached hydrogens (tertiary/aromatic N) is 3. The minimum Gasteiger partial charge on any atom is -0.376 e. The maximum Gasteiger partial charge on any atom is 0.277 e. The van der Waals surface area contributed by atoms with Crippen LogP contribution in [0.5, 0.6) is 0 Å². The molecule has 0 spiro atoms. The number of amides is 1. The van der Waals surface area contributed by atoms with Crippen LogP contribution in [0.25, 0.3) is 0 Å². The van der Waals surface area contributed by atoms with Crippen LogP contribution in [0.1, 0.15) is 35.9 Å². The first-order valence-corrected chi connectivity index (χ1v) is 8.75. The lowest BCUT2D eigenvalue weighted by molar-refractivity contribution is 0.0983. The van der Waals surface area contributed by atoms with E-state index in [0.717, 1.165) is 30.8 Å². The maximum absolute atomic E-state index is 12.9. The van der Waals surface area contributed by atoms with Crippen LogP contribution in [0.3, 0.4) is 0 Å². The fourth-order valence-corrected chi connectivity index (χ4v) is 2.96. The largest absolute Gasteiger partial charge is 0.376 e. The number of aryl methyl sites for hydroxylation is 1. The third-order valence-electron chi connectivity index (χ3n) is 4.21. The van der Waals surface area contributed by atoms with Crippen LogP contribution in [0.4, 0.5) is 11.6 Å². The van der Waals surface area contributed by atoms with Crippen molar-refractivity contribution < 1.29 is 9.53 Å². The molecule has 6 nitrogen and oxygen atoms in total. The van der Waals surface area contributed by atoms with E-state index in [1.165, 1.54) is 0 Å². The van der Waals surface area contributed by atoms with Gasteiger partial charge in [-0.05, 0) is 44.9 Å². The van der Waals surface area contributed by atoms with Gasteiger partial charge in [0, 0.05) is 31.1 Å². The topological polar surface area (TPSA) is 67.4 Å². The van der Waals surface area contributed by atoms with E-state index in [1.54, 1.807) is 11.0 Å². The summed E-state index contributed by atoms with van der Waals surface area (Å²) in [6.07, 6.45) is 2.33. The highest BCUT2D eigenvalue weighted by Gasteiger charge is 2.20. The molecule has 1 saturated heterocycles. The standard InChI is InChI=1S/C19H24N4O2/c1-3-23(15-8-5-4-6-9-15)18(24)17-12-14(2)21-19(22-17)20-13-16-10-7-11-25-16/h4-6,8-9,12,16H,3,7,10-11,13H2,1-2H3,(H,20,21,22). The molecule has 0 radical (unpaired) electrons. The minimum atomic E-state index is -0.126. The smallest absolute Gasteiger partial charge is 0.277 e. The first kappa shape index (κ1) is 17.4. The van der Waals surface area contributed by atoms with Crippen molar-refractivity contribution in [2.24, 2.45) is 0 Å². The average Bonchev–Trinajstić information content (AvgIpc) is 3.14. The lowest BCUT2D eigenvalue weighted by Gasteiger charge is -2.21. The third-order valence-corrected chi connectivity index (χ3v) is 4.21. The first-order valence-electron chi connectivity index (χ1n) is 8.75. The van der Waals surface area contributed by atoms with Gasteiger partial charge < -0.3 is 15.0 Å². The molecule has 25 heavy (non-hydrogen) atoms. The van der Waals surface area contributed by atoms with E-state index < -0.39 is 0 Å². The van der Waals surface area contributed by atoms with E-state index in [0.29, 0.717) is 24.7 Å². The number of nitrogens with one attached hydrogen (secondary N) is 1. The fraction of sp³-hybridized carbons (Fsp3) is 0.421. The van der Waals surface area contributed by atoms with Gasteiger partial charge in [0.25, 0.3) is 5.91 Å². The Balaban J connectivity index is 1.77. The molecule has 2 aromatic rings. The van der Waals surface area contributed by atoms with E-state index in [1.807, 2.05) is 44.2 Å². The van der Waals surface area contributed by atoms with Crippen molar-refractivity contribution in [3.05, 3.63) is 47.8 Å². The van der Waals surface area contributed by atoms with Crippen molar-refractivity contribution in [1.82, 2.24) is 9.97 Å². The Labute approximate surface area is 148 Å². The van der Waals surface area contributed by atoms with E-state index in [-0.39, 0.29) is 12.0 Å². The summed E-state index contributed by atoms with van der Waals surface area (Å²) in [5.74, 6) is 0.349. The van der Waals surface area contributed by atoms with Gasteiger partial charge in [0.1, 0.15) is 5.69 Å². The Bertz CT molecular complexity index is 715. The number of rotatable bonds is 6. The molecule has 2 heterocycles. The van der Waals surface area contributed by atoms with Crippen molar-refractivity contribution in [2.75, 3.05) is 29.9 Å². The number of benzene rings is 1. The van der Waals surface area contributed by atoms with Crippen molar-refractivity contribution in [3.8, 4) is 0 Å². The third kappa shape index (κ3) is 4.33. The highest BCUT2D eigenvalue weighted by atomic mass is 16.5. The molecule has 132 valence electrons. The summed E-state index contributed by atoms with van der Waals surface area (Å²) < 4.78 is 5.60. The molecule has 3 rings (SSSR count). The lowest BCUT2D eigenvalue weighted by Crippen LogP contribution is -2.31. The molecule has 0 aliphatic carbocycles. The zero-order chi connectivity index (χ0) is 17.6. The average molecular weight is 340 g/mol. The van der Waals surface area contributed by atoms with E-state index in [4.69, 9.17) is 4.74 Å². The van der Waals surface area contributed by atoms with Gasteiger partial charge in [-0.1, -0.05) is 18.2 Å². The number of aromatic nitrogens is 2. The van der Waals surface area contributed by atoms with Gasteiger partial charge in [-0.25, -0.2) is 9.97 Å². The number of ether oxygens (including phenoxy) is 1. The maximum atomic E-state index is 12.9. The van der Waals surface area contributed by atoms with Crippen LogP contribution < -0.4 is 10.2 Å². The molecule has 1 aromatic carbocycles. The summed E-state index contributed by atoms with van der Waals surface area (Å²) in [6.45, 7) is 5.87.